The molecule has 0 heterocycles. The van der Waals surface area contributed by atoms with Gasteiger partial charge in [-0.3, -0.25) is 0 Å². The van der Waals surface area contributed by atoms with E-state index < -0.39 is 0 Å². The largest absolute Gasteiger partial charge is 0.489 e. The molecule has 2 aromatic carbocycles. The molecule has 0 radical (unpaired) electrons. The van der Waals surface area contributed by atoms with Gasteiger partial charge < -0.3 is 14.8 Å². The molecule has 0 aliphatic carbocycles. The van der Waals surface area contributed by atoms with Crippen LogP contribution in [0.1, 0.15) is 24.5 Å². The van der Waals surface area contributed by atoms with Crippen LogP contribution in [0, 0.1) is 5.82 Å². The highest BCUT2D eigenvalue weighted by molar-refractivity contribution is 9.10. The standard InChI is InChI=1S/C19H22BrClFNO2/c1-2-24-9-3-8-23-12-15-10-16(20)5-7-19(15)25-13-14-4-6-17(22)11-18(14)21/h4-7,10-11,23H,2-3,8-9,12-13H2,1H3. The van der Waals surface area contributed by atoms with Gasteiger partial charge in [-0.1, -0.05) is 33.6 Å². The maximum absolute atomic E-state index is 13.1. The van der Waals surface area contributed by atoms with E-state index in [1.807, 2.05) is 25.1 Å². The van der Waals surface area contributed by atoms with Crippen LogP contribution in [0.5, 0.6) is 5.75 Å². The SMILES string of the molecule is CCOCCCNCc1cc(Br)ccc1OCc1ccc(F)cc1Cl. The molecule has 6 heteroatoms. The summed E-state index contributed by atoms with van der Waals surface area (Å²) in [7, 11) is 0. The Morgan fingerprint density at radius 2 is 2.00 bits per heavy atom. The lowest BCUT2D eigenvalue weighted by atomic mass is 10.2. The lowest BCUT2D eigenvalue weighted by Gasteiger charge is -2.14. The Morgan fingerprint density at radius 3 is 2.76 bits per heavy atom. The summed E-state index contributed by atoms with van der Waals surface area (Å²) in [4.78, 5) is 0. The van der Waals surface area contributed by atoms with Crippen molar-refractivity contribution in [1.29, 1.82) is 0 Å². The molecule has 136 valence electrons. The van der Waals surface area contributed by atoms with Crippen LogP contribution < -0.4 is 10.1 Å². The van der Waals surface area contributed by atoms with Crippen LogP contribution in [0.25, 0.3) is 0 Å². The molecule has 0 fully saturated rings. The molecular weight excluding hydrogens is 409 g/mol. The van der Waals surface area contributed by atoms with Gasteiger partial charge in [-0.15, -0.1) is 0 Å². The molecule has 2 rings (SSSR count). The summed E-state index contributed by atoms with van der Waals surface area (Å²) in [6.45, 7) is 5.35. The van der Waals surface area contributed by atoms with E-state index in [0.29, 0.717) is 11.6 Å². The fourth-order valence-corrected chi connectivity index (χ4v) is 2.92. The van der Waals surface area contributed by atoms with Crippen molar-refractivity contribution in [2.24, 2.45) is 0 Å². The number of benzene rings is 2. The molecule has 0 bridgehead atoms. The molecule has 0 aromatic heterocycles. The molecular formula is C19H22BrClFNO2. The molecule has 0 unspecified atom stereocenters. The summed E-state index contributed by atoms with van der Waals surface area (Å²) in [5.74, 6) is 0.426. The van der Waals surface area contributed by atoms with Crippen LogP contribution in [0.15, 0.2) is 40.9 Å². The van der Waals surface area contributed by atoms with Crippen molar-refractivity contribution in [2.45, 2.75) is 26.5 Å². The Morgan fingerprint density at radius 1 is 1.16 bits per heavy atom. The Bertz CT molecular complexity index is 684. The summed E-state index contributed by atoms with van der Waals surface area (Å²) in [6, 6.07) is 10.2. The van der Waals surface area contributed by atoms with Crippen molar-refractivity contribution in [3.8, 4) is 5.75 Å². The van der Waals surface area contributed by atoms with Crippen molar-refractivity contribution in [2.75, 3.05) is 19.8 Å². The van der Waals surface area contributed by atoms with Crippen LogP contribution in [0.3, 0.4) is 0 Å². The highest BCUT2D eigenvalue weighted by Gasteiger charge is 2.07. The normalized spacial score (nSPS) is 10.9. The summed E-state index contributed by atoms with van der Waals surface area (Å²) < 4.78 is 25.3. The van der Waals surface area contributed by atoms with E-state index in [0.717, 1.165) is 47.5 Å². The van der Waals surface area contributed by atoms with E-state index in [9.17, 15) is 4.39 Å². The second-order valence-electron chi connectivity index (χ2n) is 5.50. The maximum Gasteiger partial charge on any atom is 0.124 e. The smallest absolute Gasteiger partial charge is 0.124 e. The lowest BCUT2D eigenvalue weighted by Crippen LogP contribution is -2.17. The number of hydrogen-bond donors (Lipinski definition) is 1. The van der Waals surface area contributed by atoms with Crippen LogP contribution in [0.4, 0.5) is 4.39 Å². The number of rotatable bonds is 10. The monoisotopic (exact) mass is 429 g/mol. The van der Waals surface area contributed by atoms with Gasteiger partial charge in [0.15, 0.2) is 0 Å². The summed E-state index contributed by atoms with van der Waals surface area (Å²) in [6.07, 6.45) is 0.962. The van der Waals surface area contributed by atoms with Crippen molar-refractivity contribution in [3.63, 3.8) is 0 Å². The zero-order valence-electron chi connectivity index (χ0n) is 14.2. The third kappa shape index (κ3) is 6.94. The molecule has 25 heavy (non-hydrogen) atoms. The minimum atomic E-state index is -0.352. The summed E-state index contributed by atoms with van der Waals surface area (Å²) >= 11 is 9.54. The van der Waals surface area contributed by atoms with E-state index in [1.165, 1.54) is 12.1 Å². The fraction of sp³-hybridized carbons (Fsp3) is 0.368. The predicted molar refractivity (Wildman–Crippen MR) is 103 cm³/mol. The second kappa shape index (κ2) is 10.8. The second-order valence-corrected chi connectivity index (χ2v) is 6.83. The van der Waals surface area contributed by atoms with E-state index in [1.54, 1.807) is 6.07 Å². The summed E-state index contributed by atoms with van der Waals surface area (Å²) in [5, 5.41) is 3.76. The Balaban J connectivity index is 1.93. The van der Waals surface area contributed by atoms with Crippen LogP contribution >= 0.6 is 27.5 Å². The Kier molecular flexibility index (Phi) is 8.68. The first-order valence-electron chi connectivity index (χ1n) is 8.23. The minimum Gasteiger partial charge on any atom is -0.489 e. The predicted octanol–water partition coefficient (Wildman–Crippen LogP) is 5.34. The van der Waals surface area contributed by atoms with Gasteiger partial charge >= 0.3 is 0 Å². The van der Waals surface area contributed by atoms with Crippen LogP contribution in [-0.2, 0) is 17.9 Å². The first-order chi connectivity index (χ1) is 12.1. The highest BCUT2D eigenvalue weighted by Crippen LogP contribution is 2.25. The van der Waals surface area contributed by atoms with Crippen molar-refractivity contribution in [3.05, 3.63) is 62.8 Å². The van der Waals surface area contributed by atoms with Crippen molar-refractivity contribution in [1.82, 2.24) is 5.32 Å². The van der Waals surface area contributed by atoms with Crippen molar-refractivity contribution >= 4 is 27.5 Å². The molecule has 0 atom stereocenters. The molecule has 1 N–H and O–H groups in total. The number of nitrogens with one attached hydrogen (secondary N) is 1. The summed E-state index contributed by atoms with van der Waals surface area (Å²) in [5.41, 5.74) is 1.80. The maximum atomic E-state index is 13.1. The van der Waals surface area contributed by atoms with Gasteiger partial charge in [-0.25, -0.2) is 4.39 Å². The first kappa shape index (κ1) is 20.2. The quantitative estimate of drug-likeness (QED) is 0.516. The zero-order chi connectivity index (χ0) is 18.1. The van der Waals surface area contributed by atoms with E-state index in [4.69, 9.17) is 21.1 Å². The first-order valence-corrected chi connectivity index (χ1v) is 9.41. The average molecular weight is 431 g/mol. The van der Waals surface area contributed by atoms with Gasteiger partial charge in [0, 0.05) is 35.4 Å². The number of ether oxygens (including phenoxy) is 2. The minimum absolute atomic E-state index is 0.290. The lowest BCUT2D eigenvalue weighted by molar-refractivity contribution is 0.144. The topological polar surface area (TPSA) is 30.5 Å². The Hall–Kier alpha value is -1.14. The molecule has 2 aromatic rings. The number of hydrogen-bond acceptors (Lipinski definition) is 3. The van der Waals surface area contributed by atoms with Gasteiger partial charge in [0.1, 0.15) is 18.2 Å². The molecule has 0 amide bonds. The van der Waals surface area contributed by atoms with E-state index in [2.05, 4.69) is 21.2 Å². The van der Waals surface area contributed by atoms with Gasteiger partial charge in [0.05, 0.1) is 5.02 Å². The number of halogens is 3. The fourth-order valence-electron chi connectivity index (χ4n) is 2.29. The zero-order valence-corrected chi connectivity index (χ0v) is 16.5. The van der Waals surface area contributed by atoms with E-state index in [-0.39, 0.29) is 12.4 Å². The molecule has 0 saturated heterocycles. The van der Waals surface area contributed by atoms with E-state index >= 15 is 0 Å². The molecule has 0 aliphatic rings. The molecule has 0 aliphatic heterocycles. The van der Waals surface area contributed by atoms with Gasteiger partial charge in [0.25, 0.3) is 0 Å². The van der Waals surface area contributed by atoms with Crippen molar-refractivity contribution < 1.29 is 13.9 Å². The van der Waals surface area contributed by atoms with Crippen LogP contribution in [0.2, 0.25) is 5.02 Å². The molecule has 0 spiro atoms. The van der Waals surface area contributed by atoms with Crippen LogP contribution in [-0.4, -0.2) is 19.8 Å². The molecule has 0 saturated carbocycles. The van der Waals surface area contributed by atoms with Gasteiger partial charge in [0.2, 0.25) is 0 Å². The van der Waals surface area contributed by atoms with Gasteiger partial charge in [-0.05, 0) is 50.2 Å². The molecule has 3 nitrogen and oxygen atoms in total. The Labute approximate surface area is 161 Å². The highest BCUT2D eigenvalue weighted by atomic mass is 79.9. The third-order valence-electron chi connectivity index (χ3n) is 3.58. The average Bonchev–Trinajstić information content (AvgIpc) is 2.58. The van der Waals surface area contributed by atoms with Gasteiger partial charge in [-0.2, -0.15) is 0 Å². The third-order valence-corrected chi connectivity index (χ3v) is 4.43.